The fourth-order valence-electron chi connectivity index (χ4n) is 2.55. The molecule has 1 saturated carbocycles. The van der Waals surface area contributed by atoms with Crippen molar-refractivity contribution in [1.29, 1.82) is 0 Å². The van der Waals surface area contributed by atoms with Crippen molar-refractivity contribution < 1.29 is 0 Å². The minimum atomic E-state index is 0.122. The fourth-order valence-corrected chi connectivity index (χ4v) is 2.75. The Labute approximate surface area is 104 Å². The van der Waals surface area contributed by atoms with Crippen LogP contribution in [-0.4, -0.2) is 19.6 Å². The van der Waals surface area contributed by atoms with Gasteiger partial charge >= 0.3 is 0 Å². The minimum Gasteiger partial charge on any atom is -0.367 e. The van der Waals surface area contributed by atoms with E-state index in [0.717, 1.165) is 30.6 Å². The lowest BCUT2D eigenvalue weighted by Crippen LogP contribution is -2.35. The van der Waals surface area contributed by atoms with Gasteiger partial charge in [-0.3, -0.25) is 0 Å². The highest BCUT2D eigenvalue weighted by molar-refractivity contribution is 6.32. The number of hydrogen-bond acceptors (Lipinski definition) is 4. The van der Waals surface area contributed by atoms with Crippen molar-refractivity contribution >= 4 is 23.1 Å². The summed E-state index contributed by atoms with van der Waals surface area (Å²) in [6, 6.07) is 0. The molecule has 2 aromatic rings. The molecular formula is C11H14ClN5. The Bertz CT molecular complexity index is 567. The van der Waals surface area contributed by atoms with Crippen LogP contribution in [0.5, 0.6) is 0 Å². The van der Waals surface area contributed by atoms with E-state index in [2.05, 4.69) is 22.0 Å². The van der Waals surface area contributed by atoms with Crippen molar-refractivity contribution in [3.05, 3.63) is 17.2 Å². The van der Waals surface area contributed by atoms with Gasteiger partial charge in [-0.1, -0.05) is 24.9 Å². The SMILES string of the molecule is CCC1(c2nc(Cl)c3cnc(N)nn23)CCC1. The smallest absolute Gasteiger partial charge is 0.238 e. The Balaban J connectivity index is 2.25. The van der Waals surface area contributed by atoms with Crippen LogP contribution in [0.3, 0.4) is 0 Å². The molecule has 0 radical (unpaired) electrons. The number of nitrogens with two attached hydrogens (primary N) is 1. The zero-order chi connectivity index (χ0) is 12.0. The second-order valence-corrected chi connectivity index (χ2v) is 4.99. The van der Waals surface area contributed by atoms with Gasteiger partial charge in [0.1, 0.15) is 11.3 Å². The number of aromatic nitrogens is 4. The summed E-state index contributed by atoms with van der Waals surface area (Å²) in [5, 5.41) is 4.69. The molecule has 2 aromatic heterocycles. The molecule has 2 N–H and O–H groups in total. The molecule has 1 aliphatic rings. The molecule has 3 rings (SSSR count). The van der Waals surface area contributed by atoms with Crippen LogP contribution in [0.1, 0.15) is 38.4 Å². The van der Waals surface area contributed by atoms with E-state index in [0.29, 0.717) is 5.15 Å². The first kappa shape index (κ1) is 10.8. The lowest BCUT2D eigenvalue weighted by atomic mass is 9.66. The van der Waals surface area contributed by atoms with Gasteiger partial charge in [-0.2, -0.15) is 0 Å². The van der Waals surface area contributed by atoms with Crippen LogP contribution in [-0.2, 0) is 5.41 Å². The van der Waals surface area contributed by atoms with Crippen molar-refractivity contribution in [3.8, 4) is 0 Å². The maximum Gasteiger partial charge on any atom is 0.238 e. The highest BCUT2D eigenvalue weighted by Crippen LogP contribution is 2.46. The first-order valence-electron chi connectivity index (χ1n) is 5.83. The van der Waals surface area contributed by atoms with Gasteiger partial charge in [0.25, 0.3) is 0 Å². The predicted molar refractivity (Wildman–Crippen MR) is 66.0 cm³/mol. The number of imidazole rings is 1. The van der Waals surface area contributed by atoms with E-state index in [-0.39, 0.29) is 11.4 Å². The van der Waals surface area contributed by atoms with Crippen LogP contribution in [0.4, 0.5) is 5.95 Å². The lowest BCUT2D eigenvalue weighted by molar-refractivity contribution is 0.217. The van der Waals surface area contributed by atoms with Gasteiger partial charge in [0.05, 0.1) is 6.20 Å². The Hall–Kier alpha value is -1.36. The van der Waals surface area contributed by atoms with Crippen molar-refractivity contribution in [2.75, 3.05) is 5.73 Å². The molecule has 0 unspecified atom stereocenters. The average Bonchev–Trinajstić information content (AvgIpc) is 2.56. The highest BCUT2D eigenvalue weighted by atomic mass is 35.5. The fraction of sp³-hybridized carbons (Fsp3) is 0.545. The molecular weight excluding hydrogens is 238 g/mol. The maximum absolute atomic E-state index is 6.12. The molecule has 17 heavy (non-hydrogen) atoms. The van der Waals surface area contributed by atoms with E-state index < -0.39 is 0 Å². The van der Waals surface area contributed by atoms with Crippen molar-refractivity contribution in [1.82, 2.24) is 19.6 Å². The van der Waals surface area contributed by atoms with Gasteiger partial charge in [0, 0.05) is 5.41 Å². The summed E-state index contributed by atoms with van der Waals surface area (Å²) in [5.74, 6) is 1.18. The molecule has 90 valence electrons. The molecule has 0 amide bonds. The quantitative estimate of drug-likeness (QED) is 0.888. The van der Waals surface area contributed by atoms with Crippen LogP contribution < -0.4 is 5.73 Å². The summed E-state index contributed by atoms with van der Waals surface area (Å²) in [5.41, 5.74) is 6.49. The molecule has 0 spiro atoms. The summed E-state index contributed by atoms with van der Waals surface area (Å²) in [6.45, 7) is 2.18. The van der Waals surface area contributed by atoms with Gasteiger partial charge in [-0.05, 0) is 19.3 Å². The second-order valence-electron chi connectivity index (χ2n) is 4.63. The molecule has 5 nitrogen and oxygen atoms in total. The number of nitrogen functional groups attached to an aromatic ring is 1. The molecule has 0 atom stereocenters. The predicted octanol–water partition coefficient (Wildman–Crippen LogP) is 2.19. The number of fused-ring (bicyclic) bond motifs is 1. The Morgan fingerprint density at radius 2 is 2.29 bits per heavy atom. The van der Waals surface area contributed by atoms with E-state index in [1.165, 1.54) is 6.42 Å². The van der Waals surface area contributed by atoms with Gasteiger partial charge in [0.15, 0.2) is 5.15 Å². The minimum absolute atomic E-state index is 0.122. The number of nitrogens with zero attached hydrogens (tertiary/aromatic N) is 4. The summed E-state index contributed by atoms with van der Waals surface area (Å²) in [7, 11) is 0. The number of rotatable bonds is 2. The van der Waals surface area contributed by atoms with Crippen LogP contribution in [0, 0.1) is 0 Å². The molecule has 0 bridgehead atoms. The van der Waals surface area contributed by atoms with E-state index in [9.17, 15) is 0 Å². The topological polar surface area (TPSA) is 69.1 Å². The van der Waals surface area contributed by atoms with Gasteiger partial charge in [-0.15, -0.1) is 5.10 Å². The van der Waals surface area contributed by atoms with Crippen molar-refractivity contribution in [3.63, 3.8) is 0 Å². The molecule has 2 heterocycles. The summed E-state index contributed by atoms with van der Waals surface area (Å²) >= 11 is 6.12. The maximum atomic E-state index is 6.12. The molecule has 6 heteroatoms. The summed E-state index contributed by atoms with van der Waals surface area (Å²) in [6.07, 6.45) is 6.20. The van der Waals surface area contributed by atoms with E-state index >= 15 is 0 Å². The van der Waals surface area contributed by atoms with E-state index in [1.807, 2.05) is 0 Å². The normalized spacial score (nSPS) is 18.2. The van der Waals surface area contributed by atoms with Crippen LogP contribution in [0.15, 0.2) is 6.20 Å². The Kier molecular flexibility index (Phi) is 2.26. The van der Waals surface area contributed by atoms with E-state index in [1.54, 1.807) is 10.7 Å². The zero-order valence-electron chi connectivity index (χ0n) is 9.65. The first-order chi connectivity index (χ1) is 8.16. The monoisotopic (exact) mass is 251 g/mol. The van der Waals surface area contributed by atoms with Crippen molar-refractivity contribution in [2.24, 2.45) is 0 Å². The molecule has 0 saturated heterocycles. The zero-order valence-corrected chi connectivity index (χ0v) is 10.4. The van der Waals surface area contributed by atoms with Gasteiger partial charge < -0.3 is 5.73 Å². The third-order valence-electron chi connectivity index (χ3n) is 3.83. The van der Waals surface area contributed by atoms with Crippen molar-refractivity contribution in [2.45, 2.75) is 38.0 Å². The van der Waals surface area contributed by atoms with E-state index in [4.69, 9.17) is 17.3 Å². The van der Waals surface area contributed by atoms with Gasteiger partial charge in [0.2, 0.25) is 5.95 Å². The number of anilines is 1. The standard InChI is InChI=1S/C11H14ClN5/c1-2-11(4-3-5-11)9-15-8(12)7-6-14-10(13)16-17(7)9/h6H,2-5H2,1H3,(H2,13,16). The average molecular weight is 252 g/mol. The van der Waals surface area contributed by atoms with Gasteiger partial charge in [-0.25, -0.2) is 14.5 Å². The van der Waals surface area contributed by atoms with Crippen LogP contribution in [0.2, 0.25) is 5.15 Å². The lowest BCUT2D eigenvalue weighted by Gasteiger charge is -2.39. The Morgan fingerprint density at radius 3 is 2.88 bits per heavy atom. The molecule has 1 aliphatic carbocycles. The largest absolute Gasteiger partial charge is 0.367 e. The molecule has 1 fully saturated rings. The molecule has 0 aliphatic heterocycles. The summed E-state index contributed by atoms with van der Waals surface area (Å²) < 4.78 is 1.76. The highest BCUT2D eigenvalue weighted by Gasteiger charge is 2.41. The third-order valence-corrected chi connectivity index (χ3v) is 4.11. The van der Waals surface area contributed by atoms with Crippen LogP contribution in [0.25, 0.3) is 5.52 Å². The number of halogens is 1. The molecule has 0 aromatic carbocycles. The Morgan fingerprint density at radius 1 is 1.53 bits per heavy atom. The summed E-state index contributed by atoms with van der Waals surface area (Å²) in [4.78, 5) is 8.42. The third kappa shape index (κ3) is 1.42. The second kappa shape index (κ2) is 3.57. The van der Waals surface area contributed by atoms with Crippen LogP contribution >= 0.6 is 11.6 Å². The first-order valence-corrected chi connectivity index (χ1v) is 6.21. The number of hydrogen-bond donors (Lipinski definition) is 1.